The average Bonchev–Trinajstić information content (AvgIpc) is 3.37. The third kappa shape index (κ3) is 27.6. The second-order valence-electron chi connectivity index (χ2n) is 18.3. The summed E-state index contributed by atoms with van der Waals surface area (Å²) in [6.07, 6.45) is 31.8. The number of ketones is 1. The first kappa shape index (κ1) is 65.6. The lowest BCUT2D eigenvalue weighted by Crippen LogP contribution is -2.49. The molecule has 22 heteroatoms. The number of fused-ring (bicyclic) bond motifs is 3. The Hall–Kier alpha value is -4.69. The van der Waals surface area contributed by atoms with Crippen molar-refractivity contribution < 1.29 is 76.2 Å². The summed E-state index contributed by atoms with van der Waals surface area (Å²) in [7, 11) is -11.3. The fraction of sp³-hybridized carbons (Fsp3) is 0.574. The van der Waals surface area contributed by atoms with Gasteiger partial charge in [0.1, 0.15) is 30.9 Å². The molecule has 2 aliphatic heterocycles. The summed E-state index contributed by atoms with van der Waals surface area (Å²) in [5, 5.41) is 33.9. The van der Waals surface area contributed by atoms with E-state index in [-0.39, 0.29) is 37.9 Å². The Kier molecular flexibility index (Phi) is 32.1. The number of phosphoric acid groups is 2. The summed E-state index contributed by atoms with van der Waals surface area (Å²) in [5.74, 6) is -4.82. The van der Waals surface area contributed by atoms with E-state index in [1.165, 1.54) is 49.8 Å². The maximum absolute atomic E-state index is 13.8. The van der Waals surface area contributed by atoms with Gasteiger partial charge in [-0.15, -0.1) is 0 Å². The van der Waals surface area contributed by atoms with E-state index in [0.29, 0.717) is 25.7 Å². The lowest BCUT2D eigenvalue weighted by Gasteiger charge is -2.36. The van der Waals surface area contributed by atoms with E-state index in [1.54, 1.807) is 18.2 Å². The lowest BCUT2D eigenvalue weighted by atomic mass is 9.88. The van der Waals surface area contributed by atoms with Crippen molar-refractivity contribution in [2.24, 2.45) is 11.8 Å². The second-order valence-corrected chi connectivity index (χ2v) is 21.4. The number of esters is 2. The molecule has 0 saturated carbocycles. The highest BCUT2D eigenvalue weighted by atomic mass is 31.3. The SMILES string of the molecule is CCCCC/C=C\C/C=C\C/C=C\C/C=C\C/C=C\CCC(=O)O[C@@H]1COC(=O)CCC/C=C\C[C@H]2/C=C\C(=O)[C@H](/C=C/[C@@H](O)CCCCC)[C@H](O)[C@H](O)[C@@H](COP(=O)(O)OP(=O)(O)OC1)O[C@H]2n1ccc(N)nc1=O. The number of hydrogen-bond donors (Lipinski definition) is 6. The molecule has 0 radical (unpaired) electrons. The van der Waals surface area contributed by atoms with Gasteiger partial charge in [-0.05, 0) is 82.8 Å². The minimum atomic E-state index is -5.70. The Morgan fingerprint density at radius 3 is 2.11 bits per heavy atom. The summed E-state index contributed by atoms with van der Waals surface area (Å²) < 4.78 is 59.0. The molecule has 0 amide bonds. The molecule has 2 unspecified atom stereocenters. The average molecular weight is 1110 g/mol. The minimum absolute atomic E-state index is 0.0411. The molecule has 7 N–H and O–H groups in total. The predicted molar refractivity (Wildman–Crippen MR) is 288 cm³/mol. The maximum Gasteiger partial charge on any atom is 0.481 e. The molecule has 20 nitrogen and oxygen atoms in total. The van der Waals surface area contributed by atoms with Crippen molar-refractivity contribution in [1.82, 2.24) is 9.55 Å². The Bertz CT molecular complexity index is 2310. The molecular formula is C54H81N3O17P2. The zero-order valence-electron chi connectivity index (χ0n) is 43.9. The van der Waals surface area contributed by atoms with Crippen molar-refractivity contribution in [3.63, 3.8) is 0 Å². The fourth-order valence-electron chi connectivity index (χ4n) is 7.68. The molecule has 424 valence electrons. The molecule has 0 saturated heterocycles. The number of hydrogen-bond acceptors (Lipinski definition) is 17. The van der Waals surface area contributed by atoms with Crippen LogP contribution >= 0.6 is 15.6 Å². The second kappa shape index (κ2) is 37.2. The Balaban J connectivity index is 1.75. The van der Waals surface area contributed by atoms with Crippen molar-refractivity contribution >= 4 is 39.2 Å². The van der Waals surface area contributed by atoms with E-state index < -0.39 is 107 Å². The first-order valence-electron chi connectivity index (χ1n) is 26.3. The Morgan fingerprint density at radius 2 is 1.46 bits per heavy atom. The number of ether oxygens (including phenoxy) is 3. The summed E-state index contributed by atoms with van der Waals surface area (Å²) in [6.45, 7) is 1.44. The fourth-order valence-corrected chi connectivity index (χ4v) is 9.79. The van der Waals surface area contributed by atoms with Crippen molar-refractivity contribution in [2.75, 3.05) is 25.6 Å². The highest BCUT2D eigenvalue weighted by molar-refractivity contribution is 7.61. The van der Waals surface area contributed by atoms with Gasteiger partial charge in [-0.2, -0.15) is 9.29 Å². The van der Waals surface area contributed by atoms with Crippen molar-refractivity contribution in [2.45, 2.75) is 166 Å². The number of aliphatic hydroxyl groups is 3. The zero-order chi connectivity index (χ0) is 55.6. The number of nitrogen functional groups attached to an aromatic ring is 1. The molecule has 3 heterocycles. The Morgan fingerprint density at radius 1 is 0.842 bits per heavy atom. The van der Waals surface area contributed by atoms with Crippen LogP contribution in [0.15, 0.2) is 114 Å². The number of carbonyl (C=O) groups excluding carboxylic acids is 3. The van der Waals surface area contributed by atoms with Gasteiger partial charge in [-0.1, -0.05) is 137 Å². The van der Waals surface area contributed by atoms with E-state index in [0.717, 1.165) is 49.2 Å². The first-order chi connectivity index (χ1) is 36.4. The van der Waals surface area contributed by atoms with Crippen LogP contribution in [0.1, 0.15) is 136 Å². The molecule has 1 aromatic heterocycles. The van der Waals surface area contributed by atoms with Crippen molar-refractivity contribution in [3.05, 3.63) is 120 Å². The molecule has 1 aromatic rings. The molecule has 76 heavy (non-hydrogen) atoms. The maximum atomic E-state index is 13.8. The zero-order valence-corrected chi connectivity index (χ0v) is 45.7. The molecule has 0 aromatic carbocycles. The molecule has 2 aliphatic rings. The molecule has 0 spiro atoms. The molecule has 10 atom stereocenters. The topological polar surface area (TPSA) is 303 Å². The molecule has 3 rings (SSSR count). The standard InChI is InChI=1S/C54H81N3O17P2/c1-3-5-7-8-9-10-11-12-13-14-15-16-17-18-19-20-21-22-28-32-50(61)72-44-39-69-49(60)31-27-24-23-26-29-42-33-36-46(59)45(35-34-43(58)30-25-6-4-2)51(62)52(63)47(41-71-76(67,68)74-75(65,66)70-40-44)73-53(42)57-38-37-48(55)56-54(57)64/h9-10,12-13,15-16,18-19,21-23,26,33-38,42-45,47,51-53,58,62-63H,3-8,11,14,17,20,24-25,27-32,39-41H2,1-2H3,(H,65,66)(H,67,68)(H2,55,56,64)/b10-9-,13-12-,16-15-,19-18-,22-21-,26-23-,35-34+,36-33-/t42-,43-,44+,45-,47+,51-,52+,53+/m0/s1. The summed E-state index contributed by atoms with van der Waals surface area (Å²) in [5.41, 5.74) is 4.83. The van der Waals surface area contributed by atoms with Gasteiger partial charge in [-0.3, -0.25) is 28.0 Å². The van der Waals surface area contributed by atoms with Crippen molar-refractivity contribution in [3.8, 4) is 0 Å². The third-order valence-corrected chi connectivity index (χ3v) is 14.5. The van der Waals surface area contributed by atoms with Crippen LogP contribution in [0.3, 0.4) is 0 Å². The van der Waals surface area contributed by atoms with Crippen LogP contribution in [0.5, 0.6) is 0 Å². The van der Waals surface area contributed by atoms with Crippen LogP contribution in [0.2, 0.25) is 0 Å². The number of nitrogens with two attached hydrogens (primary N) is 1. The number of aliphatic hydroxyl groups excluding tert-OH is 3. The number of unbranched alkanes of at least 4 members (excludes halogenated alkanes) is 5. The number of cyclic esters (lactones) is 1. The van der Waals surface area contributed by atoms with Gasteiger partial charge in [0.25, 0.3) is 0 Å². The van der Waals surface area contributed by atoms with Crippen LogP contribution in [0.4, 0.5) is 5.82 Å². The number of aromatic nitrogens is 2. The number of rotatable bonds is 23. The number of anilines is 1. The van der Waals surface area contributed by atoms with Gasteiger partial charge in [-0.25, -0.2) is 13.9 Å². The monoisotopic (exact) mass is 1110 g/mol. The largest absolute Gasteiger partial charge is 0.481 e. The molecular weight excluding hydrogens is 1020 g/mol. The number of phosphoric ester groups is 2. The highest BCUT2D eigenvalue weighted by Crippen LogP contribution is 2.60. The van der Waals surface area contributed by atoms with E-state index in [2.05, 4.69) is 52.7 Å². The van der Waals surface area contributed by atoms with E-state index in [9.17, 15) is 53.4 Å². The third-order valence-electron chi connectivity index (χ3n) is 11.9. The lowest BCUT2D eigenvalue weighted by molar-refractivity contribution is -0.167. The van der Waals surface area contributed by atoms with Gasteiger partial charge in [0.05, 0.1) is 31.3 Å². The molecule has 2 bridgehead atoms. The van der Waals surface area contributed by atoms with E-state index >= 15 is 0 Å². The quantitative estimate of drug-likeness (QED) is 0.0258. The van der Waals surface area contributed by atoms with Crippen LogP contribution in [0, 0.1) is 11.8 Å². The smallest absolute Gasteiger partial charge is 0.462 e. The van der Waals surface area contributed by atoms with Crippen molar-refractivity contribution in [1.29, 1.82) is 0 Å². The van der Waals surface area contributed by atoms with Gasteiger partial charge in [0, 0.05) is 25.0 Å². The first-order valence-corrected chi connectivity index (χ1v) is 29.3. The number of nitrogens with zero attached hydrogens (tertiary/aromatic N) is 2. The van der Waals surface area contributed by atoms with Crippen LogP contribution in [0.25, 0.3) is 0 Å². The summed E-state index contributed by atoms with van der Waals surface area (Å²) in [6, 6.07) is 1.27. The molecule has 0 fully saturated rings. The number of allylic oxidation sites excluding steroid dienone is 13. The van der Waals surface area contributed by atoms with E-state index in [1.807, 2.05) is 25.2 Å². The normalized spacial score (nSPS) is 28.6. The Labute approximate surface area is 447 Å². The van der Waals surface area contributed by atoms with Crippen LogP contribution in [-0.2, 0) is 51.1 Å². The van der Waals surface area contributed by atoms with Gasteiger partial charge in [0.15, 0.2) is 11.9 Å². The highest BCUT2D eigenvalue weighted by Gasteiger charge is 2.42. The number of carbonyl (C=O) groups is 3. The summed E-state index contributed by atoms with van der Waals surface area (Å²) in [4.78, 5) is 78.0. The van der Waals surface area contributed by atoms with E-state index in [4.69, 9.17) is 29.0 Å². The summed E-state index contributed by atoms with van der Waals surface area (Å²) >= 11 is 0. The van der Waals surface area contributed by atoms with Gasteiger partial charge in [0.2, 0.25) is 0 Å². The predicted octanol–water partition coefficient (Wildman–Crippen LogP) is 8.84. The van der Waals surface area contributed by atoms with Crippen LogP contribution in [-0.4, -0.2) is 103 Å². The van der Waals surface area contributed by atoms with Gasteiger partial charge < -0.3 is 45.1 Å². The molecule has 0 aliphatic carbocycles. The van der Waals surface area contributed by atoms with Crippen LogP contribution < -0.4 is 11.4 Å². The minimum Gasteiger partial charge on any atom is -0.462 e. The van der Waals surface area contributed by atoms with Gasteiger partial charge >= 0.3 is 33.3 Å².